The molecule has 2 aromatic rings. The van der Waals surface area contributed by atoms with Crippen LogP contribution in [0, 0.1) is 13.8 Å². The number of hydrogen-bond donors (Lipinski definition) is 3. The molecule has 0 radical (unpaired) electrons. The Hall–Kier alpha value is -2.15. The van der Waals surface area contributed by atoms with E-state index in [0.29, 0.717) is 11.6 Å². The Morgan fingerprint density at radius 2 is 2.00 bits per heavy atom. The number of aryl methyl sites for hydroxylation is 2. The van der Waals surface area contributed by atoms with Gasteiger partial charge in [0, 0.05) is 31.0 Å². The quantitative estimate of drug-likeness (QED) is 0.402. The van der Waals surface area contributed by atoms with E-state index >= 15 is 0 Å². The molecule has 2 aromatic heterocycles. The van der Waals surface area contributed by atoms with Gasteiger partial charge in [0.2, 0.25) is 0 Å². The predicted octanol–water partition coefficient (Wildman–Crippen LogP) is 1.47. The molecule has 7 heteroatoms. The van der Waals surface area contributed by atoms with Gasteiger partial charge in [-0.3, -0.25) is 0 Å². The average Bonchev–Trinajstić information content (AvgIpc) is 2.95. The molecule has 0 aliphatic heterocycles. The molecular weight excluding hydrogens is 254 g/mol. The van der Waals surface area contributed by atoms with Gasteiger partial charge >= 0.3 is 0 Å². The summed E-state index contributed by atoms with van der Waals surface area (Å²) < 4.78 is 2.08. The molecule has 0 spiro atoms. The molecule has 2 rings (SSSR count). The lowest BCUT2D eigenvalue weighted by Gasteiger charge is -2.12. The molecule has 2 heterocycles. The average molecular weight is 275 g/mol. The van der Waals surface area contributed by atoms with Crippen LogP contribution in [-0.4, -0.2) is 26.1 Å². The van der Waals surface area contributed by atoms with Gasteiger partial charge in [0.25, 0.3) is 0 Å². The molecule has 108 valence electrons. The molecule has 0 aromatic carbocycles. The first kappa shape index (κ1) is 14.3. The minimum Gasteiger partial charge on any atom is -0.370 e. The number of anilines is 2. The lowest BCUT2D eigenvalue weighted by Crippen LogP contribution is -2.14. The fourth-order valence-electron chi connectivity index (χ4n) is 1.99. The maximum Gasteiger partial charge on any atom is 0.148 e. The first-order valence-corrected chi connectivity index (χ1v) is 6.72. The van der Waals surface area contributed by atoms with E-state index in [0.717, 1.165) is 37.3 Å². The number of nitrogens with two attached hydrogens (primary N) is 1. The van der Waals surface area contributed by atoms with Crippen molar-refractivity contribution in [2.45, 2.75) is 33.2 Å². The normalized spacial score (nSPS) is 10.6. The second-order valence-corrected chi connectivity index (χ2v) is 4.67. The maximum absolute atomic E-state index is 5.44. The van der Waals surface area contributed by atoms with Crippen LogP contribution in [-0.2, 0) is 6.54 Å². The highest BCUT2D eigenvalue weighted by atomic mass is 15.3. The zero-order valence-electron chi connectivity index (χ0n) is 11.9. The highest BCUT2D eigenvalue weighted by Crippen LogP contribution is 2.18. The van der Waals surface area contributed by atoms with E-state index in [2.05, 4.69) is 30.3 Å². The van der Waals surface area contributed by atoms with Crippen molar-refractivity contribution in [3.05, 3.63) is 30.1 Å². The van der Waals surface area contributed by atoms with Crippen LogP contribution < -0.4 is 16.6 Å². The van der Waals surface area contributed by atoms with Crippen molar-refractivity contribution < 1.29 is 0 Å². The molecule has 20 heavy (non-hydrogen) atoms. The van der Waals surface area contributed by atoms with E-state index in [1.165, 1.54) is 0 Å². The van der Waals surface area contributed by atoms with E-state index in [4.69, 9.17) is 5.84 Å². The van der Waals surface area contributed by atoms with Crippen LogP contribution in [0.2, 0.25) is 0 Å². The minimum atomic E-state index is 0.665. The third-order valence-electron chi connectivity index (χ3n) is 3.09. The summed E-state index contributed by atoms with van der Waals surface area (Å²) in [6, 6.07) is 0. The van der Waals surface area contributed by atoms with Crippen molar-refractivity contribution in [2.24, 2.45) is 5.84 Å². The summed E-state index contributed by atoms with van der Waals surface area (Å²) in [6.45, 7) is 5.65. The number of unbranched alkanes of at least 4 members (excludes halogenated alkanes) is 1. The van der Waals surface area contributed by atoms with Crippen LogP contribution >= 0.6 is 0 Å². The Kier molecular flexibility index (Phi) is 4.89. The number of aromatic nitrogens is 4. The molecule has 0 saturated carbocycles. The summed E-state index contributed by atoms with van der Waals surface area (Å²) in [7, 11) is 0. The lowest BCUT2D eigenvalue weighted by atomic mass is 10.2. The molecule has 0 unspecified atom stereocenters. The second-order valence-electron chi connectivity index (χ2n) is 4.67. The largest absolute Gasteiger partial charge is 0.370 e. The summed E-state index contributed by atoms with van der Waals surface area (Å²) in [5.41, 5.74) is 3.53. The highest BCUT2D eigenvalue weighted by molar-refractivity contribution is 5.56. The first-order valence-electron chi connectivity index (χ1n) is 6.72. The third-order valence-corrected chi connectivity index (χ3v) is 3.09. The van der Waals surface area contributed by atoms with Gasteiger partial charge in [-0.1, -0.05) is 0 Å². The molecule has 0 atom stereocenters. The van der Waals surface area contributed by atoms with E-state index in [1.807, 2.05) is 26.4 Å². The van der Waals surface area contributed by atoms with Crippen molar-refractivity contribution in [3.63, 3.8) is 0 Å². The molecule has 0 saturated heterocycles. The third kappa shape index (κ3) is 3.67. The van der Waals surface area contributed by atoms with Gasteiger partial charge in [-0.25, -0.2) is 20.8 Å². The van der Waals surface area contributed by atoms with E-state index in [1.54, 1.807) is 6.20 Å². The van der Waals surface area contributed by atoms with E-state index in [-0.39, 0.29) is 0 Å². The van der Waals surface area contributed by atoms with Crippen molar-refractivity contribution in [3.8, 4) is 0 Å². The van der Waals surface area contributed by atoms with Crippen LogP contribution in [0.4, 0.5) is 11.6 Å². The predicted molar refractivity (Wildman–Crippen MR) is 79.3 cm³/mol. The van der Waals surface area contributed by atoms with Gasteiger partial charge in [0.05, 0.1) is 6.33 Å². The summed E-state index contributed by atoms with van der Waals surface area (Å²) in [5.74, 6) is 7.65. The topological polar surface area (TPSA) is 93.7 Å². The minimum absolute atomic E-state index is 0.665. The standard InChI is InChI=1S/C13H21N7/c1-10-12(17-11(2)18-13(10)19-14)16-5-3-4-7-20-8-6-15-9-20/h6,8-9H,3-5,7,14H2,1-2H3,(H2,16,17,18,19). The van der Waals surface area contributed by atoms with Gasteiger partial charge in [0.15, 0.2) is 0 Å². The number of nitrogens with zero attached hydrogens (tertiary/aromatic N) is 4. The molecule has 0 fully saturated rings. The maximum atomic E-state index is 5.44. The molecule has 0 bridgehead atoms. The number of rotatable bonds is 7. The van der Waals surface area contributed by atoms with Gasteiger partial charge < -0.3 is 15.3 Å². The van der Waals surface area contributed by atoms with Gasteiger partial charge in [-0.05, 0) is 26.7 Å². The molecule has 4 N–H and O–H groups in total. The van der Waals surface area contributed by atoms with Crippen LogP contribution in [0.5, 0.6) is 0 Å². The SMILES string of the molecule is Cc1nc(NN)c(C)c(NCCCCn2ccnc2)n1. The summed E-state index contributed by atoms with van der Waals surface area (Å²) in [4.78, 5) is 12.6. The number of nitrogen functional groups attached to an aromatic ring is 1. The molecule has 0 aliphatic rings. The Bertz CT molecular complexity index is 536. The van der Waals surface area contributed by atoms with Crippen molar-refractivity contribution in [2.75, 3.05) is 17.3 Å². The fraction of sp³-hybridized carbons (Fsp3) is 0.462. The Labute approximate surface area is 118 Å². The second kappa shape index (κ2) is 6.85. The van der Waals surface area contributed by atoms with Gasteiger partial charge in [-0.2, -0.15) is 0 Å². The molecule has 0 amide bonds. The van der Waals surface area contributed by atoms with Crippen LogP contribution in [0.1, 0.15) is 24.2 Å². The first-order chi connectivity index (χ1) is 9.70. The van der Waals surface area contributed by atoms with Crippen molar-refractivity contribution >= 4 is 11.6 Å². The smallest absolute Gasteiger partial charge is 0.148 e. The summed E-state index contributed by atoms with van der Waals surface area (Å²) in [6.07, 6.45) is 7.77. The summed E-state index contributed by atoms with van der Waals surface area (Å²) in [5, 5.41) is 3.34. The number of hydrazine groups is 1. The molecular formula is C13H21N7. The van der Waals surface area contributed by atoms with Crippen LogP contribution in [0.15, 0.2) is 18.7 Å². The van der Waals surface area contributed by atoms with Crippen molar-refractivity contribution in [1.82, 2.24) is 19.5 Å². The number of hydrogen-bond acceptors (Lipinski definition) is 6. The van der Waals surface area contributed by atoms with Gasteiger partial charge in [-0.15, -0.1) is 0 Å². The Morgan fingerprint density at radius 1 is 1.20 bits per heavy atom. The van der Waals surface area contributed by atoms with Crippen LogP contribution in [0.25, 0.3) is 0 Å². The van der Waals surface area contributed by atoms with E-state index < -0.39 is 0 Å². The molecule has 0 aliphatic carbocycles. The Balaban J connectivity index is 1.80. The number of nitrogens with one attached hydrogen (secondary N) is 2. The summed E-state index contributed by atoms with van der Waals surface area (Å²) >= 11 is 0. The fourth-order valence-corrected chi connectivity index (χ4v) is 1.99. The highest BCUT2D eigenvalue weighted by Gasteiger charge is 2.07. The lowest BCUT2D eigenvalue weighted by molar-refractivity contribution is 0.620. The van der Waals surface area contributed by atoms with Crippen molar-refractivity contribution in [1.29, 1.82) is 0 Å². The number of imidazole rings is 1. The Morgan fingerprint density at radius 3 is 2.70 bits per heavy atom. The molecule has 7 nitrogen and oxygen atoms in total. The van der Waals surface area contributed by atoms with E-state index in [9.17, 15) is 0 Å². The monoisotopic (exact) mass is 275 g/mol. The zero-order valence-corrected chi connectivity index (χ0v) is 11.9. The van der Waals surface area contributed by atoms with Gasteiger partial charge in [0.1, 0.15) is 17.5 Å². The zero-order chi connectivity index (χ0) is 14.4. The van der Waals surface area contributed by atoms with Crippen LogP contribution in [0.3, 0.4) is 0 Å².